The topological polar surface area (TPSA) is 37.0 Å². The molecule has 0 saturated carbocycles. The fraction of sp³-hybridized carbons (Fsp3) is 0.600. The molecule has 3 heteroatoms. The highest BCUT2D eigenvalue weighted by atomic mass is 15.8. The van der Waals surface area contributed by atoms with Crippen molar-refractivity contribution in [3.8, 4) is 0 Å². The van der Waals surface area contributed by atoms with Crippen molar-refractivity contribution >= 4 is 0 Å². The van der Waals surface area contributed by atoms with Crippen LogP contribution in [0.25, 0.3) is 0 Å². The lowest BCUT2D eigenvalue weighted by molar-refractivity contribution is 0.406. The molecule has 0 radical (unpaired) electrons. The number of hydrazine groups is 1. The minimum Gasteiger partial charge on any atom is -0.288 e. The van der Waals surface area contributed by atoms with Crippen LogP contribution in [0.15, 0.2) is 34.9 Å². The van der Waals surface area contributed by atoms with Crippen molar-refractivity contribution in [2.24, 2.45) is 0 Å². The Bertz CT molecular complexity index is 402. The molecule has 0 aromatic carbocycles. The summed E-state index contributed by atoms with van der Waals surface area (Å²) in [6, 6.07) is 0. The molecule has 1 fully saturated rings. The highest BCUT2D eigenvalue weighted by Gasteiger charge is 2.48. The Kier molecular flexibility index (Phi) is 4.05. The van der Waals surface area contributed by atoms with Gasteiger partial charge in [0.1, 0.15) is 0 Å². The predicted molar refractivity (Wildman–Crippen MR) is 76.8 cm³/mol. The van der Waals surface area contributed by atoms with Crippen molar-refractivity contribution in [2.75, 3.05) is 14.1 Å². The molecule has 100 valence electrons. The molecular formula is C15H25N3. The molecule has 0 aromatic rings. The predicted octanol–water partition coefficient (Wildman–Crippen LogP) is 2.70. The highest BCUT2D eigenvalue weighted by Crippen LogP contribution is 2.33. The van der Waals surface area contributed by atoms with Crippen LogP contribution in [0.3, 0.4) is 0 Å². The quantitative estimate of drug-likeness (QED) is 0.750. The van der Waals surface area contributed by atoms with Gasteiger partial charge in [0.15, 0.2) is 5.79 Å². The number of allylic oxidation sites excluding steroid dienone is 5. The minimum absolute atomic E-state index is 0.0464. The first kappa shape index (κ1) is 13.5. The fourth-order valence-electron chi connectivity index (χ4n) is 2.70. The molecule has 2 unspecified atom stereocenters. The molecule has 2 N–H and O–H groups in total. The van der Waals surface area contributed by atoms with Crippen LogP contribution in [0, 0.1) is 0 Å². The van der Waals surface area contributed by atoms with Gasteiger partial charge in [0.25, 0.3) is 0 Å². The summed E-state index contributed by atoms with van der Waals surface area (Å²) in [6.07, 6.45) is 11.6. The largest absolute Gasteiger partial charge is 0.288 e. The first-order valence-electron chi connectivity index (χ1n) is 6.85. The van der Waals surface area contributed by atoms with E-state index in [2.05, 4.69) is 54.9 Å². The van der Waals surface area contributed by atoms with Crippen molar-refractivity contribution in [2.45, 2.75) is 45.3 Å². The van der Waals surface area contributed by atoms with Gasteiger partial charge in [0.05, 0.1) is 0 Å². The molecule has 1 heterocycles. The lowest BCUT2D eigenvalue weighted by Crippen LogP contribution is -2.35. The normalized spacial score (nSPS) is 32.7. The van der Waals surface area contributed by atoms with E-state index in [1.807, 2.05) is 7.05 Å². The van der Waals surface area contributed by atoms with Gasteiger partial charge >= 0.3 is 0 Å². The Labute approximate surface area is 111 Å². The molecule has 2 aliphatic rings. The average molecular weight is 247 g/mol. The molecule has 2 rings (SSSR count). The maximum absolute atomic E-state index is 3.36. The van der Waals surface area contributed by atoms with Gasteiger partial charge in [-0.2, -0.15) is 0 Å². The van der Waals surface area contributed by atoms with E-state index in [1.54, 1.807) is 0 Å². The van der Waals surface area contributed by atoms with Crippen molar-refractivity contribution in [3.63, 3.8) is 0 Å². The van der Waals surface area contributed by atoms with Gasteiger partial charge in [0, 0.05) is 13.5 Å². The average Bonchev–Trinajstić information content (AvgIpc) is 3.06. The summed E-state index contributed by atoms with van der Waals surface area (Å²) >= 11 is 0. The third-order valence-electron chi connectivity index (χ3n) is 4.10. The van der Waals surface area contributed by atoms with E-state index in [1.165, 1.54) is 36.0 Å². The monoisotopic (exact) mass is 247 g/mol. The highest BCUT2D eigenvalue weighted by molar-refractivity contribution is 5.44. The molecule has 1 aliphatic heterocycles. The Morgan fingerprint density at radius 3 is 2.89 bits per heavy atom. The summed E-state index contributed by atoms with van der Waals surface area (Å²) in [6.45, 7) is 4.41. The Morgan fingerprint density at radius 1 is 1.61 bits per heavy atom. The van der Waals surface area contributed by atoms with E-state index in [9.17, 15) is 0 Å². The molecule has 18 heavy (non-hydrogen) atoms. The first-order valence-corrected chi connectivity index (χ1v) is 6.85. The standard InChI is InChI=1S/C15H25N3/c1-5-13(11-15(16-3)17-18(15)4)14-10-8-6-7-9-12(14)2/h5,8,10,16-17H,6-7,9,11H2,1-4H3/b13-5-. The second-order valence-electron chi connectivity index (χ2n) is 5.26. The zero-order chi connectivity index (χ0) is 13.2. The number of rotatable bonds is 4. The van der Waals surface area contributed by atoms with Crippen LogP contribution in [0.4, 0.5) is 0 Å². The minimum atomic E-state index is -0.0464. The van der Waals surface area contributed by atoms with Gasteiger partial charge in [-0.25, -0.2) is 10.4 Å². The van der Waals surface area contributed by atoms with Gasteiger partial charge < -0.3 is 0 Å². The summed E-state index contributed by atoms with van der Waals surface area (Å²) in [5.41, 5.74) is 7.75. The van der Waals surface area contributed by atoms with Crippen LogP contribution < -0.4 is 10.7 Å². The zero-order valence-corrected chi connectivity index (χ0v) is 12.0. The molecular weight excluding hydrogens is 222 g/mol. The Hall–Kier alpha value is -0.900. The first-order chi connectivity index (χ1) is 8.63. The molecule has 1 saturated heterocycles. The van der Waals surface area contributed by atoms with E-state index in [4.69, 9.17) is 0 Å². The number of nitrogens with one attached hydrogen (secondary N) is 2. The van der Waals surface area contributed by atoms with Crippen molar-refractivity contribution < 1.29 is 0 Å². The molecule has 1 aliphatic carbocycles. The Morgan fingerprint density at radius 2 is 2.33 bits per heavy atom. The summed E-state index contributed by atoms with van der Waals surface area (Å²) in [7, 11) is 4.09. The zero-order valence-electron chi connectivity index (χ0n) is 12.0. The van der Waals surface area contributed by atoms with E-state index in [-0.39, 0.29) is 5.79 Å². The van der Waals surface area contributed by atoms with Gasteiger partial charge in [-0.15, -0.1) is 0 Å². The second kappa shape index (κ2) is 5.39. The molecule has 0 amide bonds. The fourth-order valence-corrected chi connectivity index (χ4v) is 2.70. The molecule has 0 spiro atoms. The Balaban J connectivity index is 2.19. The van der Waals surface area contributed by atoms with E-state index in [0.717, 1.165) is 6.42 Å². The van der Waals surface area contributed by atoms with Crippen LogP contribution >= 0.6 is 0 Å². The summed E-state index contributed by atoms with van der Waals surface area (Å²) < 4.78 is 0. The maximum atomic E-state index is 3.36. The lowest BCUT2D eigenvalue weighted by atomic mass is 9.94. The van der Waals surface area contributed by atoms with Crippen LogP contribution in [-0.2, 0) is 0 Å². The number of hydrogen-bond donors (Lipinski definition) is 2. The smallest absolute Gasteiger partial charge is 0.155 e. The van der Waals surface area contributed by atoms with Gasteiger partial charge in [-0.1, -0.05) is 23.8 Å². The number of hydrogen-bond acceptors (Lipinski definition) is 3. The van der Waals surface area contributed by atoms with Crippen LogP contribution in [0.2, 0.25) is 0 Å². The molecule has 3 nitrogen and oxygen atoms in total. The molecule has 0 bridgehead atoms. The lowest BCUT2D eigenvalue weighted by Gasteiger charge is -2.17. The van der Waals surface area contributed by atoms with Crippen LogP contribution in [0.5, 0.6) is 0 Å². The van der Waals surface area contributed by atoms with Crippen molar-refractivity contribution in [3.05, 3.63) is 34.9 Å². The number of nitrogens with zero attached hydrogens (tertiary/aromatic N) is 1. The van der Waals surface area contributed by atoms with Gasteiger partial charge in [-0.05, 0) is 51.3 Å². The van der Waals surface area contributed by atoms with Crippen molar-refractivity contribution in [1.82, 2.24) is 15.8 Å². The molecule has 0 aromatic heterocycles. The van der Waals surface area contributed by atoms with Crippen LogP contribution in [0.1, 0.15) is 39.5 Å². The van der Waals surface area contributed by atoms with E-state index in [0.29, 0.717) is 0 Å². The van der Waals surface area contributed by atoms with Crippen LogP contribution in [-0.4, -0.2) is 24.9 Å². The maximum Gasteiger partial charge on any atom is 0.155 e. The second-order valence-corrected chi connectivity index (χ2v) is 5.26. The summed E-state index contributed by atoms with van der Waals surface area (Å²) in [4.78, 5) is 0. The third-order valence-corrected chi connectivity index (χ3v) is 4.10. The summed E-state index contributed by atoms with van der Waals surface area (Å²) in [5, 5.41) is 5.50. The van der Waals surface area contributed by atoms with Gasteiger partial charge in [0.2, 0.25) is 0 Å². The third kappa shape index (κ3) is 2.58. The van der Waals surface area contributed by atoms with Crippen molar-refractivity contribution in [1.29, 1.82) is 0 Å². The summed E-state index contributed by atoms with van der Waals surface area (Å²) in [5.74, 6) is -0.0464. The van der Waals surface area contributed by atoms with E-state index >= 15 is 0 Å². The molecule has 2 atom stereocenters. The SMILES string of the molecule is C/C=C(/CC1(NC)NN1C)C1=C(C)CCCC=C1. The van der Waals surface area contributed by atoms with Gasteiger partial charge in [-0.3, -0.25) is 5.32 Å². The van der Waals surface area contributed by atoms with E-state index < -0.39 is 0 Å².